The van der Waals surface area contributed by atoms with Crippen LogP contribution in [-0.2, 0) is 6.42 Å². The van der Waals surface area contributed by atoms with Crippen molar-refractivity contribution in [3.05, 3.63) is 60.7 Å². The Balaban J connectivity index is 1.29. The lowest BCUT2D eigenvalue weighted by molar-refractivity contribution is 0.252. The third-order valence-electron chi connectivity index (χ3n) is 4.68. The van der Waals surface area contributed by atoms with Crippen molar-refractivity contribution in [1.29, 1.82) is 0 Å². The third kappa shape index (κ3) is 4.46. The quantitative estimate of drug-likeness (QED) is 0.689. The van der Waals surface area contributed by atoms with Crippen LogP contribution in [-0.4, -0.2) is 45.4 Å². The van der Waals surface area contributed by atoms with E-state index in [1.807, 2.05) is 42.7 Å². The largest absolute Gasteiger partial charge is 0.369 e. The summed E-state index contributed by atoms with van der Waals surface area (Å²) in [7, 11) is 0. The van der Waals surface area contributed by atoms with Crippen LogP contribution in [0.2, 0.25) is 0 Å². The Bertz CT molecular complexity index is 902. The molecule has 0 atom stereocenters. The molecule has 28 heavy (non-hydrogen) atoms. The van der Waals surface area contributed by atoms with Gasteiger partial charge in [0, 0.05) is 19.6 Å². The van der Waals surface area contributed by atoms with Gasteiger partial charge in [0.2, 0.25) is 0 Å². The smallest absolute Gasteiger partial charge is 0.319 e. The zero-order chi connectivity index (χ0) is 19.2. The molecule has 0 spiro atoms. The highest BCUT2D eigenvalue weighted by Gasteiger charge is 2.13. The van der Waals surface area contributed by atoms with Gasteiger partial charge in [-0.25, -0.2) is 19.4 Å². The molecule has 1 aliphatic heterocycles. The van der Waals surface area contributed by atoms with Crippen molar-refractivity contribution < 1.29 is 4.79 Å². The fraction of sp³-hybridized carbons (Fsp3) is 0.300. The second-order valence-corrected chi connectivity index (χ2v) is 6.73. The highest BCUT2D eigenvalue weighted by atomic mass is 16.2. The van der Waals surface area contributed by atoms with Gasteiger partial charge in [-0.2, -0.15) is 5.10 Å². The lowest BCUT2D eigenvalue weighted by Crippen LogP contribution is -2.30. The average Bonchev–Trinajstić information content (AvgIpc) is 3.41. The molecule has 3 aromatic rings. The lowest BCUT2D eigenvalue weighted by Gasteiger charge is -2.16. The summed E-state index contributed by atoms with van der Waals surface area (Å²) in [5.41, 5.74) is 2.80. The van der Waals surface area contributed by atoms with E-state index in [0.717, 1.165) is 25.2 Å². The molecule has 8 nitrogen and oxygen atoms in total. The first kappa shape index (κ1) is 18.0. The van der Waals surface area contributed by atoms with Crippen LogP contribution in [0.5, 0.6) is 0 Å². The van der Waals surface area contributed by atoms with Crippen LogP contribution in [0.3, 0.4) is 0 Å². The van der Waals surface area contributed by atoms with Gasteiger partial charge in [0.1, 0.15) is 0 Å². The second-order valence-electron chi connectivity index (χ2n) is 6.73. The highest BCUT2D eigenvalue weighted by molar-refractivity contribution is 5.88. The van der Waals surface area contributed by atoms with Gasteiger partial charge in [-0.05, 0) is 24.8 Å². The molecule has 2 aromatic heterocycles. The Morgan fingerprint density at radius 1 is 1.04 bits per heavy atom. The van der Waals surface area contributed by atoms with Gasteiger partial charge in [0.15, 0.2) is 0 Å². The molecule has 4 rings (SSSR count). The minimum absolute atomic E-state index is 0.263. The van der Waals surface area contributed by atoms with Crippen LogP contribution < -0.4 is 15.5 Å². The Labute approximate surface area is 163 Å². The van der Waals surface area contributed by atoms with E-state index in [1.165, 1.54) is 18.4 Å². The van der Waals surface area contributed by atoms with E-state index in [4.69, 9.17) is 0 Å². The number of carbonyl (C=O) groups is 1. The van der Waals surface area contributed by atoms with E-state index >= 15 is 0 Å². The van der Waals surface area contributed by atoms with Crippen molar-refractivity contribution in [3.8, 4) is 5.95 Å². The predicted molar refractivity (Wildman–Crippen MR) is 108 cm³/mol. The molecule has 0 unspecified atom stereocenters. The highest BCUT2D eigenvalue weighted by Crippen LogP contribution is 2.18. The number of amides is 2. The summed E-state index contributed by atoms with van der Waals surface area (Å²) >= 11 is 0. The standard InChI is InChI=1S/C20H23N7O/c28-20(21-9-8-16-6-2-1-3-7-16)25-17-12-24-27(15-17)19-22-13-18(14-23-19)26-10-4-5-11-26/h1-3,6-7,12-15H,4-5,8-11H2,(H2,21,25,28). The van der Waals surface area contributed by atoms with Gasteiger partial charge in [-0.3, -0.25) is 0 Å². The summed E-state index contributed by atoms with van der Waals surface area (Å²) in [6, 6.07) is 9.77. The number of aromatic nitrogens is 4. The summed E-state index contributed by atoms with van der Waals surface area (Å²) < 4.78 is 1.55. The van der Waals surface area contributed by atoms with Crippen LogP contribution in [0.25, 0.3) is 5.95 Å². The molecule has 1 aliphatic rings. The Morgan fingerprint density at radius 2 is 1.79 bits per heavy atom. The second kappa shape index (κ2) is 8.51. The molecule has 0 bridgehead atoms. The van der Waals surface area contributed by atoms with Gasteiger partial charge in [0.25, 0.3) is 5.95 Å². The number of urea groups is 1. The first-order chi connectivity index (χ1) is 13.8. The number of hydrogen-bond acceptors (Lipinski definition) is 5. The average molecular weight is 377 g/mol. The molecule has 1 saturated heterocycles. The maximum absolute atomic E-state index is 12.0. The molecule has 2 N–H and O–H groups in total. The summed E-state index contributed by atoms with van der Waals surface area (Å²) in [6.45, 7) is 2.67. The number of benzene rings is 1. The predicted octanol–water partition coefficient (Wildman–Crippen LogP) is 2.63. The SMILES string of the molecule is O=C(NCCc1ccccc1)Nc1cnn(-c2ncc(N3CCCC3)cn2)c1. The van der Waals surface area contributed by atoms with Crippen molar-refractivity contribution in [3.63, 3.8) is 0 Å². The maximum Gasteiger partial charge on any atom is 0.319 e. The molecule has 0 aliphatic carbocycles. The number of nitrogens with one attached hydrogen (secondary N) is 2. The normalized spacial score (nSPS) is 13.5. The number of nitrogens with zero attached hydrogens (tertiary/aromatic N) is 5. The molecule has 144 valence electrons. The van der Waals surface area contributed by atoms with Crippen LogP contribution in [0, 0.1) is 0 Å². The lowest BCUT2D eigenvalue weighted by atomic mass is 10.1. The van der Waals surface area contributed by atoms with E-state index < -0.39 is 0 Å². The van der Waals surface area contributed by atoms with Gasteiger partial charge in [0.05, 0.1) is 36.2 Å². The molecule has 1 aromatic carbocycles. The van der Waals surface area contributed by atoms with Crippen LogP contribution in [0.15, 0.2) is 55.1 Å². The first-order valence-corrected chi connectivity index (χ1v) is 9.49. The van der Waals surface area contributed by atoms with Crippen molar-refractivity contribution in [2.24, 2.45) is 0 Å². The third-order valence-corrected chi connectivity index (χ3v) is 4.68. The summed E-state index contributed by atoms with van der Waals surface area (Å²) in [5, 5.41) is 9.85. The monoisotopic (exact) mass is 377 g/mol. The van der Waals surface area contributed by atoms with Gasteiger partial charge < -0.3 is 15.5 Å². The van der Waals surface area contributed by atoms with Crippen molar-refractivity contribution in [2.45, 2.75) is 19.3 Å². The van der Waals surface area contributed by atoms with Crippen molar-refractivity contribution in [2.75, 3.05) is 29.9 Å². The van der Waals surface area contributed by atoms with Gasteiger partial charge in [-0.15, -0.1) is 0 Å². The van der Waals surface area contributed by atoms with E-state index in [9.17, 15) is 4.79 Å². The fourth-order valence-electron chi connectivity index (χ4n) is 3.21. The first-order valence-electron chi connectivity index (χ1n) is 9.49. The van der Waals surface area contributed by atoms with Gasteiger partial charge >= 0.3 is 6.03 Å². The number of anilines is 2. The number of rotatable bonds is 6. The Hall–Kier alpha value is -3.42. The molecule has 8 heteroatoms. The fourth-order valence-corrected chi connectivity index (χ4v) is 3.21. The zero-order valence-electron chi connectivity index (χ0n) is 15.6. The zero-order valence-corrected chi connectivity index (χ0v) is 15.6. The van der Waals surface area contributed by atoms with Gasteiger partial charge in [-0.1, -0.05) is 30.3 Å². The van der Waals surface area contributed by atoms with E-state index in [0.29, 0.717) is 18.2 Å². The Kier molecular flexibility index (Phi) is 5.46. The topological polar surface area (TPSA) is 88.0 Å². The molecular weight excluding hydrogens is 354 g/mol. The van der Waals surface area contributed by atoms with Crippen molar-refractivity contribution in [1.82, 2.24) is 25.1 Å². The van der Waals surface area contributed by atoms with Crippen LogP contribution in [0.4, 0.5) is 16.2 Å². The number of carbonyl (C=O) groups excluding carboxylic acids is 1. The molecule has 0 saturated carbocycles. The minimum atomic E-state index is -0.263. The van der Waals surface area contributed by atoms with Crippen LogP contribution >= 0.6 is 0 Å². The molecule has 1 fully saturated rings. The van der Waals surface area contributed by atoms with E-state index in [-0.39, 0.29) is 6.03 Å². The summed E-state index contributed by atoms with van der Waals surface area (Å²) in [6.07, 6.45) is 10.1. The number of hydrogen-bond donors (Lipinski definition) is 2. The Morgan fingerprint density at radius 3 is 2.54 bits per heavy atom. The van der Waals surface area contributed by atoms with E-state index in [2.05, 4.69) is 30.6 Å². The molecule has 2 amide bonds. The maximum atomic E-state index is 12.0. The summed E-state index contributed by atoms with van der Waals surface area (Å²) in [5.74, 6) is 0.473. The molecule has 3 heterocycles. The minimum Gasteiger partial charge on any atom is -0.369 e. The van der Waals surface area contributed by atoms with E-state index in [1.54, 1.807) is 17.1 Å². The molecule has 0 radical (unpaired) electrons. The summed E-state index contributed by atoms with van der Waals surface area (Å²) in [4.78, 5) is 23.1. The van der Waals surface area contributed by atoms with Crippen LogP contribution in [0.1, 0.15) is 18.4 Å². The molecular formula is C20H23N7O. The van der Waals surface area contributed by atoms with Crippen molar-refractivity contribution >= 4 is 17.4 Å².